The third kappa shape index (κ3) is 4.81. The van der Waals surface area contributed by atoms with E-state index in [1.54, 1.807) is 0 Å². The van der Waals surface area contributed by atoms with Crippen LogP contribution in [0.5, 0.6) is 0 Å². The average Bonchev–Trinajstić information content (AvgIpc) is 2.32. The molecule has 10 heteroatoms. The van der Waals surface area contributed by atoms with E-state index in [-0.39, 0.29) is 30.3 Å². The molecule has 0 unspecified atom stereocenters. The van der Waals surface area contributed by atoms with Crippen LogP contribution in [-0.2, 0) is 36.0 Å². The summed E-state index contributed by atoms with van der Waals surface area (Å²) in [5.74, 6) is 0. The van der Waals surface area contributed by atoms with Crippen molar-refractivity contribution in [1.29, 1.82) is 0 Å². The first-order valence-electron chi connectivity index (χ1n) is 5.36. The molecule has 3 N–H and O–H groups in total. The van der Waals surface area contributed by atoms with Gasteiger partial charge in [0.1, 0.15) is 6.79 Å². The minimum Gasteiger partial charge on any atom is -0.359 e. The first kappa shape index (κ1) is 17.0. The molecule has 0 saturated heterocycles. The highest BCUT2D eigenvalue weighted by Crippen LogP contribution is 2.20. The van der Waals surface area contributed by atoms with E-state index in [2.05, 4.69) is 4.74 Å². The van der Waals surface area contributed by atoms with E-state index < -0.39 is 25.0 Å². The summed E-state index contributed by atoms with van der Waals surface area (Å²) in [6.45, 7) is 0.119. The fourth-order valence-electron chi connectivity index (χ4n) is 1.51. The van der Waals surface area contributed by atoms with Crippen molar-refractivity contribution in [3.8, 4) is 0 Å². The van der Waals surface area contributed by atoms with Gasteiger partial charge in [-0.3, -0.25) is 4.55 Å². The van der Waals surface area contributed by atoms with Gasteiger partial charge in [0, 0.05) is 7.11 Å². The quantitative estimate of drug-likeness (QED) is 0.401. The minimum atomic E-state index is -4.42. The monoisotopic (exact) mass is 325 g/mol. The maximum atomic E-state index is 11.4. The molecule has 1 aromatic carbocycles. The Balaban J connectivity index is 3.14. The van der Waals surface area contributed by atoms with Crippen molar-refractivity contribution in [1.82, 2.24) is 0 Å². The van der Waals surface area contributed by atoms with Crippen LogP contribution >= 0.6 is 0 Å². The largest absolute Gasteiger partial charge is 0.359 e. The molecule has 0 aliphatic rings. The van der Waals surface area contributed by atoms with Gasteiger partial charge in [-0.25, -0.2) is 13.6 Å². The highest BCUT2D eigenvalue weighted by Gasteiger charge is 2.18. The molecule has 0 aliphatic heterocycles. The molecule has 0 bridgehead atoms. The zero-order valence-electron chi connectivity index (χ0n) is 10.6. The van der Waals surface area contributed by atoms with Gasteiger partial charge in [-0.05, 0) is 30.2 Å². The predicted octanol–water partition coefficient (Wildman–Crippen LogP) is -0.256. The molecule has 114 valence electrons. The molecule has 0 heterocycles. The summed E-state index contributed by atoms with van der Waals surface area (Å²) in [5, 5.41) is 5.04. The summed E-state index contributed by atoms with van der Waals surface area (Å²) < 4.78 is 63.5. The molecule has 0 radical (unpaired) electrons. The third-order valence-electron chi connectivity index (χ3n) is 2.35. The standard InChI is InChI=1S/C10H15NO7S2/c1-17-7-18-5-4-8-6-9(20(14,15)16)2-3-10(8)19(11,12)13/h2-3,6H,4-5,7H2,1H3,(H2,11,12,13)(H,14,15,16). The lowest BCUT2D eigenvalue weighted by molar-refractivity contribution is -0.0292. The first-order chi connectivity index (χ1) is 9.16. The Kier molecular flexibility index (Phi) is 5.62. The number of primary sulfonamides is 1. The molecule has 0 aromatic heterocycles. The Bertz CT molecular complexity index is 667. The summed E-state index contributed by atoms with van der Waals surface area (Å²) in [7, 11) is -7.00. The van der Waals surface area contributed by atoms with Crippen LogP contribution in [0.2, 0.25) is 0 Å². The zero-order chi connectivity index (χ0) is 15.4. The molecular formula is C10H15NO7S2. The van der Waals surface area contributed by atoms with Crippen molar-refractivity contribution in [2.45, 2.75) is 16.2 Å². The molecule has 20 heavy (non-hydrogen) atoms. The first-order valence-corrected chi connectivity index (χ1v) is 8.35. The number of hydrogen-bond donors (Lipinski definition) is 2. The SMILES string of the molecule is COCOCCc1cc(S(=O)(=O)O)ccc1S(N)(=O)=O. The zero-order valence-corrected chi connectivity index (χ0v) is 12.3. The number of nitrogens with two attached hydrogens (primary N) is 1. The Hall–Kier alpha value is -1.04. The van der Waals surface area contributed by atoms with Gasteiger partial charge in [0.25, 0.3) is 10.1 Å². The number of hydrogen-bond acceptors (Lipinski definition) is 6. The normalized spacial score (nSPS) is 12.6. The van der Waals surface area contributed by atoms with Crippen LogP contribution in [0.15, 0.2) is 28.0 Å². The van der Waals surface area contributed by atoms with Gasteiger partial charge < -0.3 is 9.47 Å². The van der Waals surface area contributed by atoms with Gasteiger partial charge >= 0.3 is 0 Å². The van der Waals surface area contributed by atoms with Crippen LogP contribution < -0.4 is 5.14 Å². The Morgan fingerprint density at radius 3 is 2.40 bits per heavy atom. The summed E-state index contributed by atoms with van der Waals surface area (Å²) in [6, 6.07) is 3.05. The molecule has 0 fully saturated rings. The molecule has 0 aliphatic carbocycles. The molecule has 0 atom stereocenters. The average molecular weight is 325 g/mol. The van der Waals surface area contributed by atoms with Crippen molar-refractivity contribution < 1.29 is 30.9 Å². The summed E-state index contributed by atoms with van der Waals surface area (Å²) in [4.78, 5) is -0.627. The van der Waals surface area contributed by atoms with Crippen LogP contribution in [0.1, 0.15) is 5.56 Å². The molecule has 1 rings (SSSR count). The molecule has 0 saturated carbocycles. The number of sulfonamides is 1. The van der Waals surface area contributed by atoms with Gasteiger partial charge in [-0.2, -0.15) is 8.42 Å². The second kappa shape index (κ2) is 6.61. The van der Waals surface area contributed by atoms with Gasteiger partial charge in [0.15, 0.2) is 0 Å². The molecular weight excluding hydrogens is 310 g/mol. The lowest BCUT2D eigenvalue weighted by Crippen LogP contribution is -2.16. The number of methoxy groups -OCH3 is 1. The van der Waals surface area contributed by atoms with Crippen molar-refractivity contribution in [2.75, 3.05) is 20.5 Å². The maximum Gasteiger partial charge on any atom is 0.294 e. The number of rotatable bonds is 7. The van der Waals surface area contributed by atoms with Crippen molar-refractivity contribution >= 4 is 20.1 Å². The second-order valence-corrected chi connectivity index (χ2v) is 6.81. The van der Waals surface area contributed by atoms with Crippen LogP contribution in [0, 0.1) is 0 Å². The molecule has 0 amide bonds. The Morgan fingerprint density at radius 2 is 1.90 bits per heavy atom. The highest BCUT2D eigenvalue weighted by molar-refractivity contribution is 7.89. The molecule has 8 nitrogen and oxygen atoms in total. The number of ether oxygens (including phenoxy) is 2. The second-order valence-electron chi connectivity index (χ2n) is 3.85. The van der Waals surface area contributed by atoms with Crippen LogP contribution in [0.25, 0.3) is 0 Å². The Labute approximate surface area is 117 Å². The lowest BCUT2D eigenvalue weighted by atomic mass is 10.1. The van der Waals surface area contributed by atoms with E-state index in [1.807, 2.05) is 0 Å². The van der Waals surface area contributed by atoms with Crippen LogP contribution in [0.3, 0.4) is 0 Å². The van der Waals surface area contributed by atoms with E-state index in [0.717, 1.165) is 18.2 Å². The van der Waals surface area contributed by atoms with E-state index in [4.69, 9.17) is 14.4 Å². The van der Waals surface area contributed by atoms with Crippen LogP contribution in [-0.4, -0.2) is 41.9 Å². The Morgan fingerprint density at radius 1 is 1.25 bits per heavy atom. The van der Waals surface area contributed by atoms with E-state index in [0.29, 0.717) is 0 Å². The predicted molar refractivity (Wildman–Crippen MR) is 69.2 cm³/mol. The third-order valence-corrected chi connectivity index (χ3v) is 4.21. The minimum absolute atomic E-state index is 0.0166. The van der Waals surface area contributed by atoms with Gasteiger partial charge in [0.05, 0.1) is 16.4 Å². The smallest absolute Gasteiger partial charge is 0.294 e. The van der Waals surface area contributed by atoms with E-state index in [9.17, 15) is 16.8 Å². The van der Waals surface area contributed by atoms with Crippen molar-refractivity contribution in [3.05, 3.63) is 23.8 Å². The highest BCUT2D eigenvalue weighted by atomic mass is 32.2. The maximum absolute atomic E-state index is 11.4. The fraction of sp³-hybridized carbons (Fsp3) is 0.400. The van der Waals surface area contributed by atoms with Gasteiger partial charge in [0.2, 0.25) is 10.0 Å². The summed E-state index contributed by atoms with van der Waals surface area (Å²) in [6.07, 6.45) is 0.0957. The number of benzene rings is 1. The van der Waals surface area contributed by atoms with Crippen LogP contribution in [0.4, 0.5) is 0 Å². The molecule has 1 aromatic rings. The lowest BCUT2D eigenvalue weighted by Gasteiger charge is -2.09. The van der Waals surface area contributed by atoms with Crippen molar-refractivity contribution in [3.63, 3.8) is 0 Å². The fourth-order valence-corrected chi connectivity index (χ4v) is 2.83. The topological polar surface area (TPSA) is 133 Å². The molecule has 0 spiro atoms. The van der Waals surface area contributed by atoms with E-state index >= 15 is 0 Å². The summed E-state index contributed by atoms with van der Waals surface area (Å²) in [5.41, 5.74) is 0.138. The summed E-state index contributed by atoms with van der Waals surface area (Å²) >= 11 is 0. The van der Waals surface area contributed by atoms with Gasteiger partial charge in [-0.1, -0.05) is 0 Å². The van der Waals surface area contributed by atoms with E-state index in [1.165, 1.54) is 7.11 Å². The van der Waals surface area contributed by atoms with Crippen molar-refractivity contribution in [2.24, 2.45) is 5.14 Å². The van der Waals surface area contributed by atoms with Gasteiger partial charge in [-0.15, -0.1) is 0 Å².